The van der Waals surface area contributed by atoms with Crippen molar-refractivity contribution in [3.8, 4) is 22.0 Å². The Bertz CT molecular complexity index is 2100. The van der Waals surface area contributed by atoms with Crippen LogP contribution in [0.25, 0.3) is 22.0 Å². The van der Waals surface area contributed by atoms with Crippen LogP contribution in [0.5, 0.6) is 0 Å². The largest absolute Gasteiger partial charge is 0.308 e. The lowest BCUT2D eigenvalue weighted by molar-refractivity contribution is 1.15. The van der Waals surface area contributed by atoms with Gasteiger partial charge in [0.05, 0.1) is 22.7 Å². The van der Waals surface area contributed by atoms with Gasteiger partial charge >= 0.3 is 0 Å². The van der Waals surface area contributed by atoms with Crippen LogP contribution in [0.4, 0.5) is 34.1 Å². The summed E-state index contributed by atoms with van der Waals surface area (Å²) in [6, 6.07) is 52.9. The van der Waals surface area contributed by atoms with Crippen LogP contribution in [0.2, 0.25) is 0 Å². The maximum Gasteiger partial charge on any atom is 0.173 e. The van der Waals surface area contributed by atoms with Crippen molar-refractivity contribution >= 4 is 65.7 Å². The van der Waals surface area contributed by atoms with Crippen molar-refractivity contribution in [1.82, 2.24) is 9.36 Å². The van der Waals surface area contributed by atoms with Crippen molar-refractivity contribution in [2.45, 2.75) is 19.6 Å². The molecule has 7 heteroatoms. The predicted molar refractivity (Wildman–Crippen MR) is 212 cm³/mol. The molecule has 0 unspecified atom stereocenters. The number of hydrogen-bond donors (Lipinski definition) is 0. The van der Waals surface area contributed by atoms with Gasteiger partial charge in [-0.25, -0.2) is 4.98 Å². The molecule has 0 saturated heterocycles. The smallest absolute Gasteiger partial charge is 0.173 e. The first-order valence-corrected chi connectivity index (χ1v) is 22.0. The third-order valence-electron chi connectivity index (χ3n) is 9.81. The second kappa shape index (κ2) is 11.4. The Labute approximate surface area is 295 Å². The van der Waals surface area contributed by atoms with Gasteiger partial charge in [0.15, 0.2) is 5.82 Å². The van der Waals surface area contributed by atoms with E-state index in [1.807, 2.05) is 0 Å². The highest BCUT2D eigenvalue weighted by Crippen LogP contribution is 2.68. The Morgan fingerprint density at radius 3 is 1.16 bits per heavy atom. The molecule has 0 spiro atoms. The van der Waals surface area contributed by atoms with Gasteiger partial charge in [-0.15, -0.1) is 0 Å². The number of aromatic nitrogens is 2. The van der Waals surface area contributed by atoms with Crippen molar-refractivity contribution in [3.63, 3.8) is 0 Å². The Morgan fingerprint density at radius 2 is 0.776 bits per heavy atom. The van der Waals surface area contributed by atoms with Gasteiger partial charge in [0.2, 0.25) is 0 Å². The summed E-state index contributed by atoms with van der Waals surface area (Å²) in [4.78, 5) is 15.5. The van der Waals surface area contributed by atoms with Crippen LogP contribution in [-0.4, -0.2) is 34.4 Å². The van der Waals surface area contributed by atoms with Crippen LogP contribution in [0, 0.1) is 0 Å². The summed E-state index contributed by atoms with van der Waals surface area (Å²) in [5.41, 5.74) is 9.40. The van der Waals surface area contributed by atoms with Gasteiger partial charge in [-0.3, -0.25) is 0 Å². The van der Waals surface area contributed by atoms with Gasteiger partial charge in [-0.05, 0) is 134 Å². The lowest BCUT2D eigenvalue weighted by Gasteiger charge is -2.45. The first-order valence-electron chi connectivity index (χ1n) is 16.3. The summed E-state index contributed by atoms with van der Waals surface area (Å²) in [6.07, 6.45) is 9.60. The van der Waals surface area contributed by atoms with Crippen molar-refractivity contribution in [3.05, 3.63) is 146 Å². The molecule has 6 aromatic carbocycles. The molecule has 0 atom stereocenters. The second-order valence-electron chi connectivity index (χ2n) is 13.2. The van der Waals surface area contributed by atoms with Crippen LogP contribution in [0.15, 0.2) is 165 Å². The molecule has 0 radical (unpaired) electrons. The molecule has 0 N–H and O–H groups in total. The van der Waals surface area contributed by atoms with E-state index in [4.69, 9.17) is 9.36 Å². The maximum atomic E-state index is 5.00. The zero-order valence-corrected chi connectivity index (χ0v) is 30.3. The Balaban J connectivity index is 1.01. The van der Waals surface area contributed by atoms with E-state index in [9.17, 15) is 0 Å². The van der Waals surface area contributed by atoms with E-state index >= 15 is 0 Å². The topological polar surface area (TPSA) is 32.3 Å². The summed E-state index contributed by atoms with van der Waals surface area (Å²) in [7, 11) is -2.24. The van der Waals surface area contributed by atoms with Crippen molar-refractivity contribution in [2.75, 3.05) is 34.8 Å². The predicted octanol–water partition coefficient (Wildman–Crippen LogP) is 12.4. The SMILES string of the molecule is CS1(C)c2ccccc2N(c2ccc(-c3nsc(-c4ccc(N5c6ccccc6S(C)(C)c6ccccc65)cc4)n3)cc2)c2ccccc21. The molecule has 0 saturated carbocycles. The first-order chi connectivity index (χ1) is 23.8. The molecule has 2 aliphatic rings. The minimum atomic E-state index is -1.12. The van der Waals surface area contributed by atoms with Gasteiger partial charge in [0.25, 0.3) is 0 Å². The third-order valence-corrected chi connectivity index (χ3v) is 16.3. The second-order valence-corrected chi connectivity index (χ2v) is 21.0. The molecule has 7 aromatic rings. The van der Waals surface area contributed by atoms with Crippen LogP contribution in [-0.2, 0) is 0 Å². The summed E-state index contributed by atoms with van der Waals surface area (Å²) >= 11 is 1.45. The lowest BCUT2D eigenvalue weighted by Crippen LogP contribution is -2.19. The minimum Gasteiger partial charge on any atom is -0.308 e. The molecule has 242 valence electrons. The van der Waals surface area contributed by atoms with Gasteiger partial charge in [-0.1, -0.05) is 48.5 Å². The Kier molecular flexibility index (Phi) is 7.02. The number of benzene rings is 6. The highest BCUT2D eigenvalue weighted by Gasteiger charge is 2.34. The van der Waals surface area contributed by atoms with Gasteiger partial charge < -0.3 is 9.80 Å². The molecule has 2 aliphatic heterocycles. The van der Waals surface area contributed by atoms with Crippen LogP contribution >= 0.6 is 31.6 Å². The van der Waals surface area contributed by atoms with Crippen LogP contribution in [0.1, 0.15) is 0 Å². The zero-order valence-electron chi connectivity index (χ0n) is 27.9. The van der Waals surface area contributed by atoms with E-state index in [2.05, 4.69) is 180 Å². The molecule has 0 fully saturated rings. The summed E-state index contributed by atoms with van der Waals surface area (Å²) in [5, 5.41) is 0.916. The first kappa shape index (κ1) is 30.3. The lowest BCUT2D eigenvalue weighted by atomic mass is 10.1. The van der Waals surface area contributed by atoms with Gasteiger partial charge in [0.1, 0.15) is 5.01 Å². The quantitative estimate of drug-likeness (QED) is 0.184. The fourth-order valence-electron chi connectivity index (χ4n) is 7.32. The van der Waals surface area contributed by atoms with E-state index < -0.39 is 20.1 Å². The van der Waals surface area contributed by atoms with Crippen molar-refractivity contribution in [1.29, 1.82) is 0 Å². The fourth-order valence-corrected chi connectivity index (χ4v) is 12.9. The van der Waals surface area contributed by atoms with E-state index in [0.29, 0.717) is 0 Å². The van der Waals surface area contributed by atoms with Crippen LogP contribution < -0.4 is 9.80 Å². The molecule has 0 bridgehead atoms. The molecule has 4 nitrogen and oxygen atoms in total. The minimum absolute atomic E-state index is 0.754. The number of para-hydroxylation sites is 4. The van der Waals surface area contributed by atoms with Gasteiger partial charge in [-0.2, -0.15) is 24.4 Å². The molecule has 9 rings (SSSR count). The highest BCUT2D eigenvalue weighted by atomic mass is 32.3. The fraction of sp³-hybridized carbons (Fsp3) is 0.0952. The third kappa shape index (κ3) is 4.75. The molecule has 0 amide bonds. The monoisotopic (exact) mass is 692 g/mol. The highest BCUT2D eigenvalue weighted by molar-refractivity contribution is 8.33. The molecule has 49 heavy (non-hydrogen) atoms. The number of nitrogens with zero attached hydrogens (tertiary/aromatic N) is 4. The number of anilines is 6. The Hall–Kier alpha value is -4.82. The van der Waals surface area contributed by atoms with Crippen molar-refractivity contribution < 1.29 is 0 Å². The number of fused-ring (bicyclic) bond motifs is 4. The summed E-state index contributed by atoms with van der Waals surface area (Å²) < 4.78 is 4.80. The zero-order chi connectivity index (χ0) is 33.3. The standard InChI is InChI=1S/C42H36N4S3/c1-48(2)37-17-9-5-13-33(37)45(34-14-6-10-18-38(34)48)31-25-21-29(22-26-31)41-43-42(47-44-41)30-23-27-32(28-24-30)46-35-15-7-11-19-39(35)49(3,4)40-20-12-8-16-36(40)46/h5-28H,1-4H3. The summed E-state index contributed by atoms with van der Waals surface area (Å²) in [5.74, 6) is 0.754. The molecular weight excluding hydrogens is 657 g/mol. The normalized spacial score (nSPS) is 16.5. The molecular formula is C42H36N4S3. The average Bonchev–Trinajstić information content (AvgIpc) is 3.63. The number of hydrogen-bond acceptors (Lipinski definition) is 5. The van der Waals surface area contributed by atoms with E-state index in [1.165, 1.54) is 53.9 Å². The maximum absolute atomic E-state index is 5.00. The number of rotatable bonds is 4. The molecule has 0 aliphatic carbocycles. The van der Waals surface area contributed by atoms with E-state index in [1.54, 1.807) is 0 Å². The average molecular weight is 693 g/mol. The molecule has 3 heterocycles. The van der Waals surface area contributed by atoms with E-state index in [0.717, 1.165) is 33.3 Å². The Morgan fingerprint density at radius 1 is 0.429 bits per heavy atom. The molecule has 1 aromatic heterocycles. The van der Waals surface area contributed by atoms with Gasteiger partial charge in [0, 0.05) is 42.1 Å². The van der Waals surface area contributed by atoms with Crippen LogP contribution in [0.3, 0.4) is 0 Å². The van der Waals surface area contributed by atoms with Crippen molar-refractivity contribution in [2.24, 2.45) is 0 Å². The summed E-state index contributed by atoms with van der Waals surface area (Å²) in [6.45, 7) is 0. The van der Waals surface area contributed by atoms with E-state index in [-0.39, 0.29) is 0 Å².